The zero-order valence-corrected chi connectivity index (χ0v) is 14.1. The zero-order valence-electron chi connectivity index (χ0n) is 14.1. The minimum atomic E-state index is -0.166. The van der Waals surface area contributed by atoms with Crippen LogP contribution in [0.25, 0.3) is 10.8 Å². The molecule has 5 nitrogen and oxygen atoms in total. The van der Waals surface area contributed by atoms with E-state index in [0.29, 0.717) is 13.2 Å². The molecule has 1 fully saturated rings. The van der Waals surface area contributed by atoms with Gasteiger partial charge in [0, 0.05) is 24.5 Å². The van der Waals surface area contributed by atoms with Crippen LogP contribution in [-0.2, 0) is 4.74 Å². The van der Waals surface area contributed by atoms with Gasteiger partial charge in [0.25, 0.3) is 0 Å². The van der Waals surface area contributed by atoms with Crippen molar-refractivity contribution in [2.75, 3.05) is 38.7 Å². The third kappa shape index (κ3) is 3.86. The lowest BCUT2D eigenvalue weighted by atomic mass is 9.79. The van der Waals surface area contributed by atoms with Crippen molar-refractivity contribution in [2.45, 2.75) is 12.8 Å². The van der Waals surface area contributed by atoms with Crippen LogP contribution in [0, 0.1) is 5.41 Å². The van der Waals surface area contributed by atoms with Crippen LogP contribution in [0.2, 0.25) is 0 Å². The van der Waals surface area contributed by atoms with Crippen molar-refractivity contribution in [3.8, 4) is 0 Å². The van der Waals surface area contributed by atoms with Crippen molar-refractivity contribution in [1.29, 1.82) is 0 Å². The Morgan fingerprint density at radius 3 is 2.71 bits per heavy atom. The van der Waals surface area contributed by atoms with Crippen molar-refractivity contribution in [3.63, 3.8) is 0 Å². The molecule has 2 aromatic carbocycles. The van der Waals surface area contributed by atoms with Crippen LogP contribution in [0.1, 0.15) is 12.8 Å². The molecule has 1 heterocycles. The fraction of sp³-hybridized carbons (Fsp3) is 0.421. The fourth-order valence-electron chi connectivity index (χ4n) is 3.40. The van der Waals surface area contributed by atoms with Crippen molar-refractivity contribution in [2.24, 2.45) is 5.41 Å². The first kappa shape index (κ1) is 16.7. The van der Waals surface area contributed by atoms with Gasteiger partial charge in [-0.15, -0.1) is 0 Å². The highest BCUT2D eigenvalue weighted by Crippen LogP contribution is 2.28. The number of hydrogen-bond acceptors (Lipinski definition) is 3. The molecular weight excluding hydrogens is 302 g/mol. The molecule has 0 aliphatic carbocycles. The second-order valence-corrected chi connectivity index (χ2v) is 6.52. The Kier molecular flexibility index (Phi) is 5.33. The molecule has 1 aliphatic rings. The smallest absolute Gasteiger partial charge is 0.319 e. The summed E-state index contributed by atoms with van der Waals surface area (Å²) in [7, 11) is 1.72. The molecule has 0 unspecified atom stereocenters. The molecule has 0 bridgehead atoms. The van der Waals surface area contributed by atoms with E-state index < -0.39 is 0 Å². The van der Waals surface area contributed by atoms with E-state index in [2.05, 4.69) is 16.0 Å². The van der Waals surface area contributed by atoms with Gasteiger partial charge in [0.2, 0.25) is 0 Å². The number of carbonyl (C=O) groups excluding carboxylic acids is 1. The summed E-state index contributed by atoms with van der Waals surface area (Å²) in [6.07, 6.45) is 2.02. The molecule has 2 amide bonds. The summed E-state index contributed by atoms with van der Waals surface area (Å²) in [5, 5.41) is 11.5. The molecule has 0 atom stereocenters. The largest absolute Gasteiger partial charge is 0.384 e. The lowest BCUT2D eigenvalue weighted by Gasteiger charge is -2.37. The first-order valence-corrected chi connectivity index (χ1v) is 8.45. The van der Waals surface area contributed by atoms with Crippen molar-refractivity contribution >= 4 is 22.5 Å². The molecule has 3 rings (SSSR count). The molecule has 1 saturated heterocycles. The second kappa shape index (κ2) is 7.64. The average Bonchev–Trinajstić information content (AvgIpc) is 2.62. The monoisotopic (exact) mass is 327 g/mol. The molecule has 2 aromatic rings. The third-order valence-electron chi connectivity index (χ3n) is 4.78. The number of amides is 2. The maximum Gasteiger partial charge on any atom is 0.319 e. The van der Waals surface area contributed by atoms with Crippen LogP contribution in [-0.4, -0.2) is 39.4 Å². The first-order chi connectivity index (χ1) is 11.7. The van der Waals surface area contributed by atoms with Crippen LogP contribution in [0.3, 0.4) is 0 Å². The summed E-state index contributed by atoms with van der Waals surface area (Å²) in [5.41, 5.74) is 0.854. The van der Waals surface area contributed by atoms with Crippen LogP contribution in [0.5, 0.6) is 0 Å². The van der Waals surface area contributed by atoms with Gasteiger partial charge in [0.1, 0.15) is 0 Å². The summed E-state index contributed by atoms with van der Waals surface area (Å²) < 4.78 is 5.39. The standard InChI is InChI=1S/C19H25N3O2/c1-24-14-19(9-11-20-12-10-19)13-21-18(23)22-17-8-4-6-15-5-2-3-7-16(15)17/h2-8,20H,9-14H2,1H3,(H2,21,22,23). The number of piperidine rings is 1. The topological polar surface area (TPSA) is 62.4 Å². The predicted molar refractivity (Wildman–Crippen MR) is 97.4 cm³/mol. The SMILES string of the molecule is COCC1(CNC(=O)Nc2cccc3ccccc23)CCNCC1. The Balaban J connectivity index is 1.64. The molecule has 0 saturated carbocycles. The summed E-state index contributed by atoms with van der Waals surface area (Å²) in [4.78, 5) is 12.4. The number of urea groups is 1. The molecule has 0 aromatic heterocycles. The van der Waals surface area contributed by atoms with Crippen molar-refractivity contribution < 1.29 is 9.53 Å². The van der Waals surface area contributed by atoms with Gasteiger partial charge in [-0.25, -0.2) is 4.79 Å². The van der Waals surface area contributed by atoms with Crippen LogP contribution in [0.4, 0.5) is 10.5 Å². The first-order valence-electron chi connectivity index (χ1n) is 8.45. The highest BCUT2D eigenvalue weighted by molar-refractivity contribution is 6.01. The quantitative estimate of drug-likeness (QED) is 0.791. The minimum absolute atomic E-state index is 0.0239. The number of anilines is 1. The molecule has 0 spiro atoms. The van der Waals surface area contributed by atoms with Gasteiger partial charge < -0.3 is 20.7 Å². The molecule has 3 N–H and O–H groups in total. The lowest BCUT2D eigenvalue weighted by molar-refractivity contribution is 0.0558. The highest BCUT2D eigenvalue weighted by Gasteiger charge is 2.32. The number of benzene rings is 2. The van der Waals surface area contributed by atoms with E-state index in [1.807, 2.05) is 42.5 Å². The molecular formula is C19H25N3O2. The van der Waals surface area contributed by atoms with E-state index in [-0.39, 0.29) is 11.4 Å². The number of rotatable bonds is 5. The fourth-order valence-corrected chi connectivity index (χ4v) is 3.40. The Labute approximate surface area is 142 Å². The number of methoxy groups -OCH3 is 1. The van der Waals surface area contributed by atoms with Crippen LogP contribution in [0.15, 0.2) is 42.5 Å². The van der Waals surface area contributed by atoms with Gasteiger partial charge in [-0.1, -0.05) is 36.4 Å². The Morgan fingerprint density at radius 1 is 1.17 bits per heavy atom. The highest BCUT2D eigenvalue weighted by atomic mass is 16.5. The molecule has 1 aliphatic heterocycles. The van der Waals surface area contributed by atoms with Gasteiger partial charge in [0.05, 0.1) is 12.3 Å². The Hall–Kier alpha value is -2.11. The number of hydrogen-bond donors (Lipinski definition) is 3. The maximum absolute atomic E-state index is 12.4. The van der Waals surface area contributed by atoms with Gasteiger partial charge in [-0.05, 0) is 37.4 Å². The molecule has 5 heteroatoms. The second-order valence-electron chi connectivity index (χ2n) is 6.52. The van der Waals surface area contributed by atoms with E-state index in [1.165, 1.54) is 0 Å². The summed E-state index contributed by atoms with van der Waals surface area (Å²) in [6.45, 7) is 3.23. The van der Waals surface area contributed by atoms with Gasteiger partial charge in [-0.3, -0.25) is 0 Å². The van der Waals surface area contributed by atoms with Crippen molar-refractivity contribution in [3.05, 3.63) is 42.5 Å². The molecule has 128 valence electrons. The normalized spacial score (nSPS) is 16.7. The van der Waals surface area contributed by atoms with E-state index in [0.717, 1.165) is 42.4 Å². The lowest BCUT2D eigenvalue weighted by Crippen LogP contribution is -2.48. The number of nitrogens with one attached hydrogen (secondary N) is 3. The minimum Gasteiger partial charge on any atom is -0.384 e. The number of carbonyl (C=O) groups is 1. The summed E-state index contributed by atoms with van der Waals surface area (Å²) >= 11 is 0. The van der Waals surface area contributed by atoms with E-state index in [4.69, 9.17) is 4.74 Å². The maximum atomic E-state index is 12.4. The molecule has 0 radical (unpaired) electrons. The van der Waals surface area contributed by atoms with Gasteiger partial charge in [0.15, 0.2) is 0 Å². The average molecular weight is 327 g/mol. The van der Waals surface area contributed by atoms with Crippen LogP contribution < -0.4 is 16.0 Å². The van der Waals surface area contributed by atoms with Gasteiger partial charge >= 0.3 is 6.03 Å². The van der Waals surface area contributed by atoms with Crippen molar-refractivity contribution in [1.82, 2.24) is 10.6 Å². The third-order valence-corrected chi connectivity index (χ3v) is 4.78. The van der Waals surface area contributed by atoms with Crippen LogP contribution >= 0.6 is 0 Å². The summed E-state index contributed by atoms with van der Waals surface area (Å²) in [6, 6.07) is 13.8. The zero-order chi connectivity index (χ0) is 16.8. The van der Waals surface area contributed by atoms with E-state index >= 15 is 0 Å². The van der Waals surface area contributed by atoms with E-state index in [9.17, 15) is 4.79 Å². The number of fused-ring (bicyclic) bond motifs is 1. The van der Waals surface area contributed by atoms with Gasteiger partial charge in [-0.2, -0.15) is 0 Å². The van der Waals surface area contributed by atoms with E-state index in [1.54, 1.807) is 7.11 Å². The molecule has 24 heavy (non-hydrogen) atoms. The Morgan fingerprint density at radius 2 is 1.92 bits per heavy atom. The number of ether oxygens (including phenoxy) is 1. The summed E-state index contributed by atoms with van der Waals surface area (Å²) in [5.74, 6) is 0. The Bertz CT molecular complexity index is 685. The predicted octanol–water partition coefficient (Wildman–Crippen LogP) is 2.98.